The van der Waals surface area contributed by atoms with Crippen LogP contribution in [-0.2, 0) is 25.9 Å². The summed E-state index contributed by atoms with van der Waals surface area (Å²) < 4.78 is 0. The summed E-state index contributed by atoms with van der Waals surface area (Å²) in [7, 11) is 2.20. The molecule has 0 aromatic heterocycles. The van der Waals surface area contributed by atoms with E-state index in [1.165, 1.54) is 51.2 Å². The second-order valence-electron chi connectivity index (χ2n) is 7.87. The molecule has 0 bridgehead atoms. The minimum atomic E-state index is 0.999. The van der Waals surface area contributed by atoms with E-state index < -0.39 is 0 Å². The Bertz CT molecular complexity index is 988. The van der Waals surface area contributed by atoms with Crippen LogP contribution in [0.25, 0.3) is 11.1 Å². The van der Waals surface area contributed by atoms with Gasteiger partial charge in [-0.15, -0.1) is 0 Å². The van der Waals surface area contributed by atoms with Crippen LogP contribution in [0.3, 0.4) is 0 Å². The minimum absolute atomic E-state index is 0.999. The van der Waals surface area contributed by atoms with Crippen LogP contribution in [0, 0.1) is 0 Å². The van der Waals surface area contributed by atoms with Crippen LogP contribution in [0.4, 0.5) is 11.4 Å². The third-order valence-electron chi connectivity index (χ3n) is 6.19. The van der Waals surface area contributed by atoms with Gasteiger partial charge in [0.05, 0.1) is 0 Å². The Morgan fingerprint density at radius 3 is 2.33 bits per heavy atom. The standard InChI is InChI=1S/C25H26N2/c1-3-18-4-6-19(7-5-18)21-8-9-22-16-27(17-23(22)14-21)24-11-10-20-12-13-26(2)25(20)15-24/h4-11,14-15H,3,12-13,16-17H2,1-2H3. The van der Waals surface area contributed by atoms with Gasteiger partial charge in [-0.05, 0) is 64.4 Å². The first-order valence-electron chi connectivity index (χ1n) is 10.0. The highest BCUT2D eigenvalue weighted by atomic mass is 15.2. The largest absolute Gasteiger partial charge is 0.374 e. The lowest BCUT2D eigenvalue weighted by Crippen LogP contribution is -2.16. The summed E-state index contributed by atoms with van der Waals surface area (Å²) in [4.78, 5) is 4.88. The highest BCUT2D eigenvalue weighted by Gasteiger charge is 2.22. The van der Waals surface area contributed by atoms with Gasteiger partial charge in [0.2, 0.25) is 0 Å². The van der Waals surface area contributed by atoms with Crippen molar-refractivity contribution >= 4 is 11.4 Å². The number of nitrogens with zero attached hydrogens (tertiary/aromatic N) is 2. The summed E-state index contributed by atoms with van der Waals surface area (Å²) in [6, 6.07) is 23.0. The first-order chi connectivity index (χ1) is 13.2. The molecule has 136 valence electrons. The van der Waals surface area contributed by atoms with E-state index in [1.807, 2.05) is 0 Å². The highest BCUT2D eigenvalue weighted by molar-refractivity contribution is 5.69. The molecule has 2 nitrogen and oxygen atoms in total. The normalized spacial score (nSPS) is 15.2. The molecule has 2 heteroatoms. The Balaban J connectivity index is 1.41. The fourth-order valence-electron chi connectivity index (χ4n) is 4.41. The zero-order valence-corrected chi connectivity index (χ0v) is 16.2. The van der Waals surface area contributed by atoms with Crippen molar-refractivity contribution in [1.82, 2.24) is 0 Å². The second kappa shape index (κ2) is 6.45. The summed E-state index contributed by atoms with van der Waals surface area (Å²) in [6.45, 7) is 5.35. The minimum Gasteiger partial charge on any atom is -0.374 e. The van der Waals surface area contributed by atoms with Crippen molar-refractivity contribution in [1.29, 1.82) is 0 Å². The number of anilines is 2. The molecule has 0 fully saturated rings. The summed E-state index contributed by atoms with van der Waals surface area (Å²) in [5.74, 6) is 0. The number of hydrogen-bond donors (Lipinski definition) is 0. The van der Waals surface area contributed by atoms with Crippen molar-refractivity contribution in [2.75, 3.05) is 23.4 Å². The zero-order valence-electron chi connectivity index (χ0n) is 16.2. The zero-order chi connectivity index (χ0) is 18.4. The highest BCUT2D eigenvalue weighted by Crippen LogP contribution is 2.36. The predicted octanol–water partition coefficient (Wildman–Crippen LogP) is 5.43. The first-order valence-corrected chi connectivity index (χ1v) is 10.0. The Labute approximate surface area is 162 Å². The van der Waals surface area contributed by atoms with E-state index in [4.69, 9.17) is 0 Å². The van der Waals surface area contributed by atoms with Crippen LogP contribution in [0.2, 0.25) is 0 Å². The van der Waals surface area contributed by atoms with Crippen LogP contribution in [0.5, 0.6) is 0 Å². The molecule has 0 unspecified atom stereocenters. The summed E-state index contributed by atoms with van der Waals surface area (Å²) in [5, 5.41) is 0. The van der Waals surface area contributed by atoms with E-state index in [1.54, 1.807) is 0 Å². The third kappa shape index (κ3) is 2.90. The van der Waals surface area contributed by atoms with Crippen LogP contribution in [0.15, 0.2) is 60.7 Å². The molecule has 0 saturated carbocycles. The van der Waals surface area contributed by atoms with E-state index in [-0.39, 0.29) is 0 Å². The smallest absolute Gasteiger partial charge is 0.0436 e. The van der Waals surface area contributed by atoms with Crippen molar-refractivity contribution in [3.8, 4) is 11.1 Å². The number of benzene rings is 3. The second-order valence-corrected chi connectivity index (χ2v) is 7.87. The van der Waals surface area contributed by atoms with Gasteiger partial charge >= 0.3 is 0 Å². The van der Waals surface area contributed by atoms with E-state index >= 15 is 0 Å². The van der Waals surface area contributed by atoms with Crippen molar-refractivity contribution < 1.29 is 0 Å². The first kappa shape index (κ1) is 16.4. The molecule has 2 aliphatic heterocycles. The number of hydrogen-bond acceptors (Lipinski definition) is 2. The summed E-state index contributed by atoms with van der Waals surface area (Å²) in [5.41, 5.74) is 11.2. The van der Waals surface area contributed by atoms with Gasteiger partial charge in [-0.2, -0.15) is 0 Å². The van der Waals surface area contributed by atoms with Crippen molar-refractivity contribution in [2.45, 2.75) is 32.9 Å². The molecule has 0 spiro atoms. The van der Waals surface area contributed by atoms with Crippen LogP contribution >= 0.6 is 0 Å². The van der Waals surface area contributed by atoms with Gasteiger partial charge in [-0.25, -0.2) is 0 Å². The van der Waals surface area contributed by atoms with E-state index in [9.17, 15) is 0 Å². The van der Waals surface area contributed by atoms with Crippen molar-refractivity contribution in [3.05, 3.63) is 82.9 Å². The van der Waals surface area contributed by atoms with Gasteiger partial charge in [0.1, 0.15) is 0 Å². The Hall–Kier alpha value is -2.74. The molecular weight excluding hydrogens is 328 g/mol. The van der Waals surface area contributed by atoms with Gasteiger partial charge < -0.3 is 9.80 Å². The molecule has 27 heavy (non-hydrogen) atoms. The topological polar surface area (TPSA) is 6.48 Å². The Morgan fingerprint density at radius 1 is 0.778 bits per heavy atom. The van der Waals surface area contributed by atoms with Gasteiger partial charge in [0.15, 0.2) is 0 Å². The maximum atomic E-state index is 2.50. The molecule has 2 heterocycles. The quantitative estimate of drug-likeness (QED) is 0.619. The Morgan fingerprint density at radius 2 is 1.52 bits per heavy atom. The molecule has 0 aliphatic carbocycles. The maximum Gasteiger partial charge on any atom is 0.0436 e. The molecule has 3 aromatic rings. The molecule has 0 amide bonds. The van der Waals surface area contributed by atoms with Gasteiger partial charge in [0.25, 0.3) is 0 Å². The fraction of sp³-hybridized carbons (Fsp3) is 0.280. The lowest BCUT2D eigenvalue weighted by molar-refractivity contribution is 0.880. The number of rotatable bonds is 3. The van der Waals surface area contributed by atoms with Crippen molar-refractivity contribution in [2.24, 2.45) is 0 Å². The monoisotopic (exact) mass is 354 g/mol. The van der Waals surface area contributed by atoms with Gasteiger partial charge in [0, 0.05) is 38.1 Å². The molecule has 5 rings (SSSR count). The SMILES string of the molecule is CCc1ccc(-c2ccc3c(c2)CN(c2ccc4c(c2)N(C)CC4)C3)cc1. The van der Waals surface area contributed by atoms with E-state index in [0.717, 1.165) is 26.1 Å². The number of aryl methyl sites for hydroxylation is 1. The van der Waals surface area contributed by atoms with Crippen LogP contribution in [-0.4, -0.2) is 13.6 Å². The summed E-state index contributed by atoms with van der Waals surface area (Å²) >= 11 is 0. The Kier molecular flexibility index (Phi) is 3.93. The predicted molar refractivity (Wildman–Crippen MR) is 115 cm³/mol. The lowest BCUT2D eigenvalue weighted by atomic mass is 9.99. The molecule has 2 aliphatic rings. The lowest BCUT2D eigenvalue weighted by Gasteiger charge is -2.20. The molecule has 0 N–H and O–H groups in total. The third-order valence-corrected chi connectivity index (χ3v) is 6.19. The summed E-state index contributed by atoms with van der Waals surface area (Å²) in [6.07, 6.45) is 2.27. The molecule has 3 aromatic carbocycles. The molecule has 0 atom stereocenters. The van der Waals surface area contributed by atoms with Gasteiger partial charge in [-0.1, -0.05) is 49.4 Å². The van der Waals surface area contributed by atoms with E-state index in [2.05, 4.69) is 84.4 Å². The average molecular weight is 354 g/mol. The van der Waals surface area contributed by atoms with Crippen molar-refractivity contribution in [3.63, 3.8) is 0 Å². The van der Waals surface area contributed by atoms with Crippen LogP contribution in [0.1, 0.15) is 29.2 Å². The molecule has 0 saturated heterocycles. The maximum absolute atomic E-state index is 2.50. The fourth-order valence-corrected chi connectivity index (χ4v) is 4.41. The molecule has 0 radical (unpaired) electrons. The van der Waals surface area contributed by atoms with E-state index in [0.29, 0.717) is 0 Å². The number of likely N-dealkylation sites (N-methyl/N-ethyl adjacent to an activating group) is 1. The van der Waals surface area contributed by atoms with Crippen LogP contribution < -0.4 is 9.80 Å². The number of fused-ring (bicyclic) bond motifs is 2. The average Bonchev–Trinajstić information content (AvgIpc) is 3.31. The molecular formula is C25H26N2. The van der Waals surface area contributed by atoms with Gasteiger partial charge in [-0.3, -0.25) is 0 Å².